The van der Waals surface area contributed by atoms with Gasteiger partial charge in [0.15, 0.2) is 0 Å². The van der Waals surface area contributed by atoms with Crippen LogP contribution in [-0.4, -0.2) is 5.91 Å². The van der Waals surface area contributed by atoms with E-state index in [2.05, 4.69) is 31.3 Å². The Labute approximate surface area is 124 Å². The van der Waals surface area contributed by atoms with Gasteiger partial charge in [0.1, 0.15) is 0 Å². The minimum atomic E-state index is 0.0391. The van der Waals surface area contributed by atoms with Crippen molar-refractivity contribution in [1.82, 2.24) is 0 Å². The van der Waals surface area contributed by atoms with Gasteiger partial charge in [0.05, 0.1) is 5.57 Å². The number of hydrogen-bond acceptors (Lipinski definition) is 1. The minimum Gasteiger partial charge on any atom is -0.321 e. The first-order valence-electron chi connectivity index (χ1n) is 7.39. The van der Waals surface area contributed by atoms with Gasteiger partial charge in [-0.3, -0.25) is 4.79 Å². The molecule has 0 fully saturated rings. The fourth-order valence-corrected chi connectivity index (χ4v) is 3.43. The Kier molecular flexibility index (Phi) is 2.55. The van der Waals surface area contributed by atoms with Crippen molar-refractivity contribution < 1.29 is 4.79 Å². The van der Waals surface area contributed by atoms with Crippen molar-refractivity contribution in [3.63, 3.8) is 0 Å². The molecule has 1 heterocycles. The summed E-state index contributed by atoms with van der Waals surface area (Å²) in [7, 11) is 0. The van der Waals surface area contributed by atoms with Crippen molar-refractivity contribution in [2.24, 2.45) is 0 Å². The third kappa shape index (κ3) is 1.75. The van der Waals surface area contributed by atoms with Crippen LogP contribution in [0, 0.1) is 13.8 Å². The Morgan fingerprint density at radius 1 is 0.952 bits per heavy atom. The Morgan fingerprint density at radius 3 is 2.57 bits per heavy atom. The van der Waals surface area contributed by atoms with E-state index in [-0.39, 0.29) is 5.91 Å². The summed E-state index contributed by atoms with van der Waals surface area (Å²) in [5.74, 6) is 0.0391. The first kappa shape index (κ1) is 12.4. The van der Waals surface area contributed by atoms with E-state index in [1.165, 1.54) is 27.8 Å². The van der Waals surface area contributed by atoms with E-state index in [0.717, 1.165) is 29.7 Å². The lowest BCUT2D eigenvalue weighted by Gasteiger charge is -2.08. The molecule has 1 aliphatic heterocycles. The molecular weight excluding hydrogens is 258 g/mol. The molecule has 0 unspecified atom stereocenters. The maximum atomic E-state index is 12.4. The molecule has 104 valence electrons. The first-order chi connectivity index (χ1) is 10.1. The van der Waals surface area contributed by atoms with Crippen molar-refractivity contribution in [2.75, 3.05) is 5.32 Å². The second kappa shape index (κ2) is 4.32. The number of para-hydroxylation sites is 1. The van der Waals surface area contributed by atoms with Gasteiger partial charge in [0.25, 0.3) is 5.91 Å². The van der Waals surface area contributed by atoms with E-state index in [9.17, 15) is 4.79 Å². The van der Waals surface area contributed by atoms with E-state index in [4.69, 9.17) is 0 Å². The summed E-state index contributed by atoms with van der Waals surface area (Å²) in [6.45, 7) is 4.29. The van der Waals surface area contributed by atoms with E-state index in [1.807, 2.05) is 24.3 Å². The Hall–Kier alpha value is -2.35. The number of benzene rings is 2. The first-order valence-corrected chi connectivity index (χ1v) is 7.39. The molecule has 1 amide bonds. The second-order valence-electron chi connectivity index (χ2n) is 5.95. The number of fused-ring (bicyclic) bond motifs is 2. The van der Waals surface area contributed by atoms with Crippen LogP contribution >= 0.6 is 0 Å². The average Bonchev–Trinajstić information content (AvgIpc) is 2.99. The van der Waals surface area contributed by atoms with Crippen molar-refractivity contribution in [2.45, 2.75) is 26.7 Å². The van der Waals surface area contributed by atoms with Gasteiger partial charge in [-0.25, -0.2) is 0 Å². The van der Waals surface area contributed by atoms with Crippen molar-refractivity contribution in [3.8, 4) is 0 Å². The Balaban J connectivity index is 1.97. The predicted octanol–water partition coefficient (Wildman–Crippen LogP) is 4.11. The smallest absolute Gasteiger partial charge is 0.256 e. The second-order valence-corrected chi connectivity index (χ2v) is 5.95. The van der Waals surface area contributed by atoms with Gasteiger partial charge in [0.2, 0.25) is 0 Å². The zero-order chi connectivity index (χ0) is 14.6. The molecule has 4 rings (SSSR count). The van der Waals surface area contributed by atoms with Crippen LogP contribution in [0.4, 0.5) is 5.69 Å². The SMILES string of the molecule is Cc1cc2c(cc1C)/C(=C1\C(=O)Nc3ccccc31)CC2. The maximum Gasteiger partial charge on any atom is 0.256 e. The molecule has 21 heavy (non-hydrogen) atoms. The lowest BCUT2D eigenvalue weighted by molar-refractivity contribution is -0.110. The summed E-state index contributed by atoms with van der Waals surface area (Å²) < 4.78 is 0. The molecule has 2 aliphatic rings. The molecule has 2 nitrogen and oxygen atoms in total. The zero-order valence-corrected chi connectivity index (χ0v) is 12.3. The molecular formula is C19H17NO. The van der Waals surface area contributed by atoms with Crippen LogP contribution in [0.2, 0.25) is 0 Å². The number of carbonyl (C=O) groups is 1. The number of aryl methyl sites for hydroxylation is 3. The number of amides is 1. The van der Waals surface area contributed by atoms with Gasteiger partial charge < -0.3 is 5.32 Å². The maximum absolute atomic E-state index is 12.4. The molecule has 1 aliphatic carbocycles. The van der Waals surface area contributed by atoms with Crippen molar-refractivity contribution in [3.05, 3.63) is 64.2 Å². The summed E-state index contributed by atoms with van der Waals surface area (Å²) in [6, 6.07) is 12.5. The Bertz CT molecular complexity index is 814. The largest absolute Gasteiger partial charge is 0.321 e. The van der Waals surface area contributed by atoms with Gasteiger partial charge in [-0.1, -0.05) is 30.3 Å². The Morgan fingerprint density at radius 2 is 1.71 bits per heavy atom. The fraction of sp³-hybridized carbons (Fsp3) is 0.211. The molecule has 1 N–H and O–H groups in total. The zero-order valence-electron chi connectivity index (χ0n) is 12.3. The normalized spacial score (nSPS) is 19.4. The lowest BCUT2D eigenvalue weighted by atomic mass is 9.94. The summed E-state index contributed by atoms with van der Waals surface area (Å²) in [5.41, 5.74) is 9.31. The number of hydrogen-bond donors (Lipinski definition) is 1. The van der Waals surface area contributed by atoms with Crippen LogP contribution < -0.4 is 5.32 Å². The van der Waals surface area contributed by atoms with Gasteiger partial charge in [-0.15, -0.1) is 0 Å². The van der Waals surface area contributed by atoms with E-state index in [0.29, 0.717) is 0 Å². The molecule has 0 bridgehead atoms. The highest BCUT2D eigenvalue weighted by Gasteiger charge is 2.30. The highest BCUT2D eigenvalue weighted by molar-refractivity contribution is 6.37. The lowest BCUT2D eigenvalue weighted by Crippen LogP contribution is -2.05. The van der Waals surface area contributed by atoms with Gasteiger partial charge >= 0.3 is 0 Å². The highest BCUT2D eigenvalue weighted by atomic mass is 16.2. The quantitative estimate of drug-likeness (QED) is 0.720. The summed E-state index contributed by atoms with van der Waals surface area (Å²) in [4.78, 5) is 12.4. The number of carbonyl (C=O) groups excluding carboxylic acids is 1. The van der Waals surface area contributed by atoms with Gasteiger partial charge in [-0.05, 0) is 60.6 Å². The molecule has 0 saturated carbocycles. The standard InChI is InChI=1S/C19H17NO/c1-11-9-13-7-8-14(16(13)10-12(11)2)18-15-5-3-4-6-17(15)20-19(18)21/h3-6,9-10H,7-8H2,1-2H3,(H,20,21)/b18-14-. The summed E-state index contributed by atoms with van der Waals surface area (Å²) in [6.07, 6.45) is 1.99. The molecule has 0 aromatic heterocycles. The molecule has 2 heteroatoms. The van der Waals surface area contributed by atoms with Gasteiger partial charge in [-0.2, -0.15) is 0 Å². The highest BCUT2D eigenvalue weighted by Crippen LogP contribution is 2.43. The third-order valence-electron chi connectivity index (χ3n) is 4.66. The molecule has 2 aromatic carbocycles. The molecule has 0 saturated heterocycles. The van der Waals surface area contributed by atoms with Crippen LogP contribution in [0.3, 0.4) is 0 Å². The van der Waals surface area contributed by atoms with Crippen LogP contribution in [0.1, 0.15) is 34.2 Å². The van der Waals surface area contributed by atoms with Gasteiger partial charge in [0, 0.05) is 11.3 Å². The van der Waals surface area contributed by atoms with E-state index in [1.54, 1.807) is 0 Å². The molecule has 2 aromatic rings. The average molecular weight is 275 g/mol. The van der Waals surface area contributed by atoms with E-state index >= 15 is 0 Å². The number of allylic oxidation sites excluding steroid dienone is 1. The summed E-state index contributed by atoms with van der Waals surface area (Å²) in [5, 5.41) is 2.98. The van der Waals surface area contributed by atoms with Crippen LogP contribution in [0.5, 0.6) is 0 Å². The predicted molar refractivity (Wildman–Crippen MR) is 86.1 cm³/mol. The van der Waals surface area contributed by atoms with E-state index < -0.39 is 0 Å². The minimum absolute atomic E-state index is 0.0391. The fourth-order valence-electron chi connectivity index (χ4n) is 3.43. The topological polar surface area (TPSA) is 29.1 Å². The number of nitrogens with one attached hydrogen (secondary N) is 1. The number of anilines is 1. The van der Waals surface area contributed by atoms with Crippen LogP contribution in [0.25, 0.3) is 11.1 Å². The molecule has 0 atom stereocenters. The van der Waals surface area contributed by atoms with Crippen molar-refractivity contribution >= 4 is 22.7 Å². The van der Waals surface area contributed by atoms with Crippen LogP contribution in [-0.2, 0) is 11.2 Å². The number of rotatable bonds is 0. The van der Waals surface area contributed by atoms with Crippen LogP contribution in [0.15, 0.2) is 36.4 Å². The molecule has 0 spiro atoms. The third-order valence-corrected chi connectivity index (χ3v) is 4.66. The molecule has 0 radical (unpaired) electrons. The van der Waals surface area contributed by atoms with Crippen molar-refractivity contribution in [1.29, 1.82) is 0 Å². The summed E-state index contributed by atoms with van der Waals surface area (Å²) >= 11 is 0. The monoisotopic (exact) mass is 275 g/mol.